The third kappa shape index (κ3) is 0.390. The average molecular weight is 168 g/mol. The highest BCUT2D eigenvalue weighted by atomic mass is 17.3. The molecular formula is C8H8O4. The molecule has 3 rings (SSSR count). The monoisotopic (exact) mass is 168 g/mol. The predicted molar refractivity (Wildman–Crippen MR) is 36.0 cm³/mol. The maximum Gasteiger partial charge on any atom is 0.210 e. The standard InChI is InChI=1S/C8H8O4/c1-7-5(9)3-2-4-6(10)8(4,7)12-11-7/h4H,2-3H2,1H3. The molecule has 1 saturated heterocycles. The van der Waals surface area contributed by atoms with Crippen molar-refractivity contribution in [1.29, 1.82) is 0 Å². The van der Waals surface area contributed by atoms with Gasteiger partial charge in [-0.1, -0.05) is 0 Å². The smallest absolute Gasteiger partial charge is 0.210 e. The molecule has 3 aliphatic rings. The molecule has 0 aromatic heterocycles. The van der Waals surface area contributed by atoms with Crippen LogP contribution in [-0.4, -0.2) is 22.8 Å². The Balaban J connectivity index is 2.10. The van der Waals surface area contributed by atoms with Gasteiger partial charge in [0, 0.05) is 6.42 Å². The van der Waals surface area contributed by atoms with Crippen molar-refractivity contribution >= 4 is 11.6 Å². The molecule has 12 heavy (non-hydrogen) atoms. The molecule has 3 atom stereocenters. The zero-order valence-electron chi connectivity index (χ0n) is 6.62. The van der Waals surface area contributed by atoms with Crippen LogP contribution in [0.25, 0.3) is 0 Å². The first-order chi connectivity index (χ1) is 5.63. The first-order valence-electron chi connectivity index (χ1n) is 4.07. The van der Waals surface area contributed by atoms with Gasteiger partial charge in [-0.05, 0) is 13.3 Å². The van der Waals surface area contributed by atoms with Gasteiger partial charge in [0.25, 0.3) is 0 Å². The Labute approximate surface area is 68.8 Å². The summed E-state index contributed by atoms with van der Waals surface area (Å²) in [4.78, 5) is 32.3. The molecule has 64 valence electrons. The van der Waals surface area contributed by atoms with Crippen LogP contribution in [0.3, 0.4) is 0 Å². The van der Waals surface area contributed by atoms with Crippen LogP contribution in [0.5, 0.6) is 0 Å². The van der Waals surface area contributed by atoms with Crippen LogP contribution in [0.2, 0.25) is 0 Å². The molecule has 0 radical (unpaired) electrons. The minimum absolute atomic E-state index is 0.00384. The summed E-state index contributed by atoms with van der Waals surface area (Å²) < 4.78 is 0. The third-order valence-corrected chi connectivity index (χ3v) is 3.33. The van der Waals surface area contributed by atoms with E-state index in [0.29, 0.717) is 12.8 Å². The van der Waals surface area contributed by atoms with Gasteiger partial charge in [-0.15, -0.1) is 0 Å². The molecule has 1 heterocycles. The van der Waals surface area contributed by atoms with E-state index in [1.165, 1.54) is 0 Å². The molecular weight excluding hydrogens is 160 g/mol. The molecule has 4 nitrogen and oxygen atoms in total. The van der Waals surface area contributed by atoms with Gasteiger partial charge in [0.15, 0.2) is 17.2 Å². The summed E-state index contributed by atoms with van der Waals surface area (Å²) in [7, 11) is 0. The number of carbonyl (C=O) groups excluding carboxylic acids is 2. The van der Waals surface area contributed by atoms with E-state index in [9.17, 15) is 9.59 Å². The highest BCUT2D eigenvalue weighted by molar-refractivity contribution is 6.16. The number of carbonyl (C=O) groups is 2. The lowest BCUT2D eigenvalue weighted by molar-refractivity contribution is -0.503. The Morgan fingerprint density at radius 2 is 2.17 bits per heavy atom. The fourth-order valence-electron chi connectivity index (χ4n) is 2.37. The van der Waals surface area contributed by atoms with Crippen molar-refractivity contribution in [1.82, 2.24) is 0 Å². The summed E-state index contributed by atoms with van der Waals surface area (Å²) in [6.45, 7) is 1.65. The van der Waals surface area contributed by atoms with E-state index in [1.54, 1.807) is 6.92 Å². The Bertz CT molecular complexity index is 306. The minimum Gasteiger partial charge on any atom is -0.296 e. The summed E-state index contributed by atoms with van der Waals surface area (Å²) >= 11 is 0. The van der Waals surface area contributed by atoms with Crippen LogP contribution in [0.1, 0.15) is 19.8 Å². The molecule has 2 saturated carbocycles. The molecule has 0 aromatic carbocycles. The zero-order chi connectivity index (χ0) is 8.56. The van der Waals surface area contributed by atoms with Gasteiger partial charge in [0.2, 0.25) is 5.60 Å². The van der Waals surface area contributed by atoms with E-state index < -0.39 is 11.2 Å². The lowest BCUT2D eigenvalue weighted by Crippen LogP contribution is -2.65. The largest absolute Gasteiger partial charge is 0.296 e. The first kappa shape index (κ1) is 6.74. The van der Waals surface area contributed by atoms with Gasteiger partial charge in [-0.3, -0.25) is 9.59 Å². The number of Topliss-reactive ketones (excluding diaryl/α,β-unsaturated/α-hetero) is 2. The van der Waals surface area contributed by atoms with Gasteiger partial charge in [0.05, 0.1) is 5.92 Å². The van der Waals surface area contributed by atoms with E-state index in [-0.39, 0.29) is 17.5 Å². The Morgan fingerprint density at radius 3 is 2.67 bits per heavy atom. The van der Waals surface area contributed by atoms with Crippen molar-refractivity contribution in [2.24, 2.45) is 5.92 Å². The summed E-state index contributed by atoms with van der Waals surface area (Å²) in [6, 6.07) is 0. The molecule has 0 bridgehead atoms. The van der Waals surface area contributed by atoms with Crippen molar-refractivity contribution in [2.75, 3.05) is 0 Å². The summed E-state index contributed by atoms with van der Waals surface area (Å²) in [6.07, 6.45) is 1.08. The zero-order valence-corrected chi connectivity index (χ0v) is 6.62. The second-order valence-electron chi connectivity index (χ2n) is 3.81. The molecule has 2 aliphatic carbocycles. The second kappa shape index (κ2) is 1.49. The van der Waals surface area contributed by atoms with Gasteiger partial charge >= 0.3 is 0 Å². The van der Waals surface area contributed by atoms with Crippen molar-refractivity contribution in [3.05, 3.63) is 0 Å². The van der Waals surface area contributed by atoms with Crippen LogP contribution in [0, 0.1) is 5.92 Å². The van der Waals surface area contributed by atoms with Crippen molar-refractivity contribution < 1.29 is 19.4 Å². The second-order valence-corrected chi connectivity index (χ2v) is 3.81. The topological polar surface area (TPSA) is 52.6 Å². The quantitative estimate of drug-likeness (QED) is 0.478. The Kier molecular flexibility index (Phi) is 0.840. The third-order valence-electron chi connectivity index (χ3n) is 3.33. The Morgan fingerprint density at radius 1 is 1.42 bits per heavy atom. The molecule has 0 aromatic rings. The van der Waals surface area contributed by atoms with E-state index in [0.717, 1.165) is 0 Å². The summed E-state index contributed by atoms with van der Waals surface area (Å²) in [5.41, 5.74) is -1.81. The van der Waals surface area contributed by atoms with Crippen LogP contribution in [-0.2, 0) is 19.4 Å². The fourth-order valence-corrected chi connectivity index (χ4v) is 2.37. The molecule has 0 amide bonds. The Hall–Kier alpha value is -0.740. The number of ketones is 2. The number of hydrogen-bond acceptors (Lipinski definition) is 4. The normalized spacial score (nSPS) is 55.6. The van der Waals surface area contributed by atoms with Crippen molar-refractivity contribution in [3.63, 3.8) is 0 Å². The molecule has 3 unspecified atom stereocenters. The van der Waals surface area contributed by atoms with Crippen LogP contribution in [0.4, 0.5) is 0 Å². The summed E-state index contributed by atoms with van der Waals surface area (Å²) in [5.74, 6) is -0.0353. The summed E-state index contributed by atoms with van der Waals surface area (Å²) in [5, 5.41) is 0. The van der Waals surface area contributed by atoms with Crippen LogP contribution < -0.4 is 0 Å². The molecule has 1 spiro atoms. The fraction of sp³-hybridized carbons (Fsp3) is 0.750. The first-order valence-corrected chi connectivity index (χ1v) is 4.07. The van der Waals surface area contributed by atoms with E-state index in [4.69, 9.17) is 9.78 Å². The highest BCUT2D eigenvalue weighted by Crippen LogP contribution is 2.63. The van der Waals surface area contributed by atoms with Gasteiger partial charge in [-0.2, -0.15) is 0 Å². The van der Waals surface area contributed by atoms with Gasteiger partial charge in [-0.25, -0.2) is 9.78 Å². The number of hydrogen-bond donors (Lipinski definition) is 0. The highest BCUT2D eigenvalue weighted by Gasteiger charge is 2.87. The predicted octanol–water partition coefficient (Wildman–Crippen LogP) is 0.00750. The maximum atomic E-state index is 11.4. The average Bonchev–Trinajstić information content (AvgIpc) is 2.65. The molecule has 1 aliphatic heterocycles. The minimum atomic E-state index is -0.951. The molecule has 3 fully saturated rings. The van der Waals surface area contributed by atoms with Crippen LogP contribution in [0.15, 0.2) is 0 Å². The van der Waals surface area contributed by atoms with Crippen molar-refractivity contribution in [3.8, 4) is 0 Å². The van der Waals surface area contributed by atoms with Gasteiger partial charge in [0.1, 0.15) is 0 Å². The maximum absolute atomic E-state index is 11.4. The van der Waals surface area contributed by atoms with E-state index in [2.05, 4.69) is 0 Å². The SMILES string of the molecule is CC12OOC13C(=O)C3CCC2=O. The van der Waals surface area contributed by atoms with E-state index >= 15 is 0 Å². The molecule has 0 N–H and O–H groups in total. The van der Waals surface area contributed by atoms with E-state index in [1.807, 2.05) is 0 Å². The van der Waals surface area contributed by atoms with Gasteiger partial charge < -0.3 is 0 Å². The van der Waals surface area contributed by atoms with Crippen molar-refractivity contribution in [2.45, 2.75) is 31.0 Å². The molecule has 4 heteroatoms. The van der Waals surface area contributed by atoms with Crippen LogP contribution >= 0.6 is 0 Å². The number of rotatable bonds is 0. The lowest BCUT2D eigenvalue weighted by Gasteiger charge is -2.45. The lowest BCUT2D eigenvalue weighted by atomic mass is 9.80.